The second-order valence-corrected chi connectivity index (χ2v) is 10.3. The van der Waals surface area contributed by atoms with Gasteiger partial charge in [0, 0.05) is 48.5 Å². The van der Waals surface area contributed by atoms with E-state index in [2.05, 4.69) is 25.8 Å². The molecule has 3 aromatic rings. The number of aromatic nitrogens is 5. The normalized spacial score (nSPS) is 25.1. The molecule has 0 bridgehead atoms. The summed E-state index contributed by atoms with van der Waals surface area (Å²) in [7, 11) is 1.64. The standard InChI is InChI=1S/C24H30FN7O3/c1-24(7-8-24)29-23(33)35-18-6-5-15(21(18)25)17-9-19(31-30-17)28-22-27-16(13-3-4-13)10-20-26-14(12-34-2)11-32(20)22/h9-11,13,15,18,21H,3-8,12H2,1-2H3,(H,29,33)(H2,27,28,30,31)/t15-,18-,21-/m0/s1. The quantitative estimate of drug-likeness (QED) is 0.442. The van der Waals surface area contributed by atoms with Crippen molar-refractivity contribution in [1.82, 2.24) is 29.9 Å². The van der Waals surface area contributed by atoms with Crippen LogP contribution in [0.5, 0.6) is 0 Å². The number of alkyl halides is 1. The summed E-state index contributed by atoms with van der Waals surface area (Å²) in [5.41, 5.74) is 3.08. The van der Waals surface area contributed by atoms with E-state index in [-0.39, 0.29) is 5.54 Å². The smallest absolute Gasteiger partial charge is 0.407 e. The number of hydrogen-bond donors (Lipinski definition) is 3. The van der Waals surface area contributed by atoms with Gasteiger partial charge in [-0.15, -0.1) is 0 Å². The summed E-state index contributed by atoms with van der Waals surface area (Å²) in [6, 6.07) is 3.82. The van der Waals surface area contributed by atoms with Gasteiger partial charge in [0.2, 0.25) is 5.95 Å². The van der Waals surface area contributed by atoms with Gasteiger partial charge in [0.15, 0.2) is 5.82 Å². The van der Waals surface area contributed by atoms with Crippen LogP contribution in [0.1, 0.15) is 74.4 Å². The number of H-pyrrole nitrogens is 1. The maximum atomic E-state index is 15.2. The number of carbonyl (C=O) groups is 1. The van der Waals surface area contributed by atoms with Gasteiger partial charge in [0.05, 0.1) is 18.0 Å². The molecular weight excluding hydrogens is 453 g/mol. The van der Waals surface area contributed by atoms with E-state index in [0.29, 0.717) is 42.8 Å². The number of amides is 1. The number of fused-ring (bicyclic) bond motifs is 1. The van der Waals surface area contributed by atoms with E-state index in [1.54, 1.807) is 13.2 Å². The lowest BCUT2D eigenvalue weighted by molar-refractivity contribution is 0.0546. The molecule has 186 valence electrons. The van der Waals surface area contributed by atoms with Gasteiger partial charge >= 0.3 is 6.09 Å². The van der Waals surface area contributed by atoms with Gasteiger partial charge in [0.25, 0.3) is 0 Å². The van der Waals surface area contributed by atoms with Crippen molar-refractivity contribution in [3.63, 3.8) is 0 Å². The fourth-order valence-corrected chi connectivity index (χ4v) is 4.75. The summed E-state index contributed by atoms with van der Waals surface area (Å²) >= 11 is 0. The average molecular weight is 484 g/mol. The Bertz CT molecular complexity index is 1250. The zero-order chi connectivity index (χ0) is 24.2. The summed E-state index contributed by atoms with van der Waals surface area (Å²) in [6.45, 7) is 2.37. The number of alkyl carbamates (subject to hydrolysis) is 1. The molecule has 3 saturated carbocycles. The molecule has 0 saturated heterocycles. The van der Waals surface area contributed by atoms with Gasteiger partial charge in [-0.05, 0) is 45.4 Å². The Morgan fingerprint density at radius 1 is 1.26 bits per heavy atom. The largest absolute Gasteiger partial charge is 0.443 e. The fourth-order valence-electron chi connectivity index (χ4n) is 4.75. The molecule has 3 aromatic heterocycles. The number of methoxy groups -OCH3 is 1. The number of rotatable bonds is 8. The van der Waals surface area contributed by atoms with E-state index in [1.165, 1.54) is 0 Å². The molecular formula is C24H30FN7O3. The molecule has 3 aliphatic carbocycles. The first-order valence-electron chi connectivity index (χ1n) is 12.2. The van der Waals surface area contributed by atoms with Gasteiger partial charge in [-0.2, -0.15) is 5.10 Å². The maximum absolute atomic E-state index is 15.2. The third-order valence-corrected chi connectivity index (χ3v) is 7.21. The van der Waals surface area contributed by atoms with E-state index in [1.807, 2.05) is 23.6 Å². The fraction of sp³-hybridized carbons (Fsp3) is 0.583. The van der Waals surface area contributed by atoms with Gasteiger partial charge in [0.1, 0.15) is 17.9 Å². The second-order valence-electron chi connectivity index (χ2n) is 10.3. The van der Waals surface area contributed by atoms with Crippen LogP contribution < -0.4 is 10.6 Å². The Morgan fingerprint density at radius 2 is 2.09 bits per heavy atom. The van der Waals surface area contributed by atoms with E-state index in [0.717, 1.165) is 42.7 Å². The number of hydrogen-bond acceptors (Lipinski definition) is 7. The molecule has 10 nitrogen and oxygen atoms in total. The lowest BCUT2D eigenvalue weighted by Crippen LogP contribution is -2.38. The van der Waals surface area contributed by atoms with Crippen LogP contribution in [-0.4, -0.2) is 55.6 Å². The SMILES string of the molecule is COCc1cn2c(Nc3cc([C@@H]4CC[C@H](OC(=O)NC5(C)CC5)[C@H]4F)[nH]n3)nc(C3CC3)cc2n1. The first-order chi connectivity index (χ1) is 16.9. The van der Waals surface area contributed by atoms with E-state index < -0.39 is 24.3 Å². The van der Waals surface area contributed by atoms with Crippen molar-refractivity contribution in [3.8, 4) is 0 Å². The minimum atomic E-state index is -1.30. The van der Waals surface area contributed by atoms with Crippen molar-refractivity contribution < 1.29 is 18.7 Å². The Hall–Kier alpha value is -3.21. The molecule has 0 spiro atoms. The van der Waals surface area contributed by atoms with Crippen LogP contribution in [0.25, 0.3) is 5.65 Å². The first-order valence-corrected chi connectivity index (χ1v) is 12.2. The maximum Gasteiger partial charge on any atom is 0.407 e. The molecule has 1 amide bonds. The number of nitrogens with zero attached hydrogens (tertiary/aromatic N) is 4. The second kappa shape index (κ2) is 8.47. The van der Waals surface area contributed by atoms with E-state index >= 15 is 4.39 Å². The molecule has 3 N–H and O–H groups in total. The lowest BCUT2D eigenvalue weighted by Gasteiger charge is -2.19. The number of halogens is 1. The summed E-state index contributed by atoms with van der Waals surface area (Å²) < 4.78 is 27.7. The third kappa shape index (κ3) is 4.56. The highest BCUT2D eigenvalue weighted by molar-refractivity contribution is 5.69. The molecule has 0 unspecified atom stereocenters. The van der Waals surface area contributed by atoms with E-state index in [4.69, 9.17) is 14.5 Å². The summed E-state index contributed by atoms with van der Waals surface area (Å²) in [4.78, 5) is 21.6. The molecule has 11 heteroatoms. The minimum absolute atomic E-state index is 0.194. The van der Waals surface area contributed by atoms with Gasteiger partial charge in [-0.25, -0.2) is 19.2 Å². The number of nitrogens with one attached hydrogen (secondary N) is 3. The predicted octanol–water partition coefficient (Wildman–Crippen LogP) is 4.08. The number of ether oxygens (including phenoxy) is 2. The van der Waals surface area contributed by atoms with Gasteiger partial charge in [-0.3, -0.25) is 9.50 Å². The lowest BCUT2D eigenvalue weighted by atomic mass is 10.0. The van der Waals surface area contributed by atoms with Crippen LogP contribution in [0.4, 0.5) is 21.0 Å². The highest BCUT2D eigenvalue weighted by atomic mass is 19.1. The predicted molar refractivity (Wildman–Crippen MR) is 125 cm³/mol. The minimum Gasteiger partial charge on any atom is -0.443 e. The van der Waals surface area contributed by atoms with Crippen LogP contribution in [0, 0.1) is 0 Å². The molecule has 35 heavy (non-hydrogen) atoms. The first kappa shape index (κ1) is 22.3. The van der Waals surface area contributed by atoms with Crippen LogP contribution in [0.2, 0.25) is 0 Å². The number of carbonyl (C=O) groups excluding carboxylic acids is 1. The van der Waals surface area contributed by atoms with Crippen LogP contribution >= 0.6 is 0 Å². The molecule has 3 aliphatic rings. The topological polar surface area (TPSA) is 118 Å². The molecule has 0 aliphatic heterocycles. The molecule has 6 rings (SSSR count). The Morgan fingerprint density at radius 3 is 2.83 bits per heavy atom. The molecule has 0 radical (unpaired) electrons. The third-order valence-electron chi connectivity index (χ3n) is 7.21. The number of anilines is 2. The van der Waals surface area contributed by atoms with Crippen molar-refractivity contribution >= 4 is 23.5 Å². The Kier molecular flexibility index (Phi) is 5.39. The van der Waals surface area contributed by atoms with Gasteiger partial charge in [-0.1, -0.05) is 0 Å². The van der Waals surface area contributed by atoms with Crippen LogP contribution in [0.15, 0.2) is 18.3 Å². The molecule has 3 atom stereocenters. The monoisotopic (exact) mass is 483 g/mol. The zero-order valence-electron chi connectivity index (χ0n) is 19.9. The van der Waals surface area contributed by atoms with Crippen molar-refractivity contribution in [2.75, 3.05) is 12.4 Å². The Labute approximate surface area is 202 Å². The summed E-state index contributed by atoms with van der Waals surface area (Å²) in [5, 5.41) is 13.4. The van der Waals surface area contributed by atoms with Crippen molar-refractivity contribution in [2.45, 2.75) is 81.7 Å². The van der Waals surface area contributed by atoms with Crippen molar-refractivity contribution in [1.29, 1.82) is 0 Å². The van der Waals surface area contributed by atoms with Crippen LogP contribution in [-0.2, 0) is 16.1 Å². The van der Waals surface area contributed by atoms with E-state index in [9.17, 15) is 4.79 Å². The number of imidazole rings is 1. The van der Waals surface area contributed by atoms with Gasteiger partial charge < -0.3 is 20.1 Å². The zero-order valence-corrected chi connectivity index (χ0v) is 19.9. The summed E-state index contributed by atoms with van der Waals surface area (Å²) in [6.07, 6.45) is 4.44. The number of aromatic amines is 1. The van der Waals surface area contributed by atoms with Crippen LogP contribution in [0.3, 0.4) is 0 Å². The molecule has 3 heterocycles. The summed E-state index contributed by atoms with van der Waals surface area (Å²) in [5.74, 6) is 1.19. The highest BCUT2D eigenvalue weighted by Gasteiger charge is 2.43. The molecule has 0 aromatic carbocycles. The molecule has 3 fully saturated rings. The van der Waals surface area contributed by atoms with Crippen molar-refractivity contribution in [2.24, 2.45) is 0 Å². The van der Waals surface area contributed by atoms with Crippen molar-refractivity contribution in [3.05, 3.63) is 35.4 Å². The Balaban J connectivity index is 1.17. The highest BCUT2D eigenvalue weighted by Crippen LogP contribution is 2.41. The average Bonchev–Trinajstić information content (AvgIpc) is 3.66.